The van der Waals surface area contributed by atoms with E-state index in [2.05, 4.69) is 20.8 Å². The number of nitrogens with one attached hydrogen (secondary N) is 1. The van der Waals surface area contributed by atoms with Gasteiger partial charge in [-0.1, -0.05) is 19.1 Å². The normalized spacial score (nSPS) is 12.7. The summed E-state index contributed by atoms with van der Waals surface area (Å²) in [6.07, 6.45) is 5.41. The summed E-state index contributed by atoms with van der Waals surface area (Å²) >= 11 is 0. The first-order chi connectivity index (χ1) is 13.7. The van der Waals surface area contributed by atoms with Gasteiger partial charge in [0.2, 0.25) is 10.0 Å². The third-order valence-electron chi connectivity index (χ3n) is 4.84. The number of benzene rings is 1. The third-order valence-corrected chi connectivity index (χ3v) is 5.55. The minimum Gasteiger partial charge on any atom is -0.334 e. The van der Waals surface area contributed by atoms with Gasteiger partial charge in [0, 0.05) is 25.8 Å². The quantitative estimate of drug-likeness (QED) is 0.640. The number of hydrogen-bond acceptors (Lipinski definition) is 6. The van der Waals surface area contributed by atoms with Crippen molar-refractivity contribution in [3.8, 4) is 6.07 Å². The molecule has 152 valence electrons. The molecule has 0 amide bonds. The summed E-state index contributed by atoms with van der Waals surface area (Å²) in [7, 11) is 0.453. The monoisotopic (exact) mass is 412 g/mol. The van der Waals surface area contributed by atoms with Crippen molar-refractivity contribution >= 4 is 32.6 Å². The average molecular weight is 413 g/mol. The van der Waals surface area contributed by atoms with Crippen LogP contribution in [0.15, 0.2) is 36.8 Å². The Morgan fingerprint density at radius 3 is 2.72 bits per heavy atom. The number of sulfonamides is 1. The highest BCUT2D eigenvalue weighted by molar-refractivity contribution is 7.88. The molecule has 0 saturated heterocycles. The molecule has 1 N–H and O–H groups in total. The number of hydrogen-bond donors (Lipinski definition) is 1. The summed E-state index contributed by atoms with van der Waals surface area (Å²) in [6.45, 7) is 2.04. The van der Waals surface area contributed by atoms with Crippen LogP contribution in [0.1, 0.15) is 30.5 Å². The third kappa shape index (κ3) is 4.55. The van der Waals surface area contributed by atoms with E-state index in [1.807, 2.05) is 54.8 Å². The van der Waals surface area contributed by atoms with Gasteiger partial charge in [-0.25, -0.2) is 23.1 Å². The summed E-state index contributed by atoms with van der Waals surface area (Å²) in [6, 6.07) is 9.21. The Morgan fingerprint density at radius 1 is 1.31 bits per heavy atom. The molecule has 3 aromatic rings. The first-order valence-electron chi connectivity index (χ1n) is 9.21. The standard InChI is InChI=1S/C20H24N6O2S/c1-5-14-10-15(16(8-9-21)24-29(4,27)28)6-7-18(14)26(3)20-11-19-17(12-22-20)23-13-25(19)2/h6-7,10-13,16,24H,5,8H2,1-4H3. The van der Waals surface area contributed by atoms with Crippen molar-refractivity contribution in [3.63, 3.8) is 0 Å². The number of rotatable bonds is 7. The first-order valence-corrected chi connectivity index (χ1v) is 11.1. The predicted octanol–water partition coefficient (Wildman–Crippen LogP) is 2.80. The molecule has 0 saturated carbocycles. The molecule has 0 aliphatic carbocycles. The molecule has 8 nitrogen and oxygen atoms in total. The lowest BCUT2D eigenvalue weighted by molar-refractivity contribution is 0.564. The lowest BCUT2D eigenvalue weighted by atomic mass is 9.99. The van der Waals surface area contributed by atoms with Crippen molar-refractivity contribution in [2.45, 2.75) is 25.8 Å². The van der Waals surface area contributed by atoms with Gasteiger partial charge in [-0.2, -0.15) is 5.26 Å². The molecule has 2 aromatic heterocycles. The second-order valence-corrected chi connectivity index (χ2v) is 8.77. The molecule has 1 unspecified atom stereocenters. The van der Waals surface area contributed by atoms with Gasteiger partial charge in [0.25, 0.3) is 0 Å². The fourth-order valence-electron chi connectivity index (χ4n) is 3.34. The molecule has 0 fully saturated rings. The summed E-state index contributed by atoms with van der Waals surface area (Å²) in [5.74, 6) is 0.784. The number of anilines is 2. The van der Waals surface area contributed by atoms with Crippen LogP contribution in [0.25, 0.3) is 11.0 Å². The maximum Gasteiger partial charge on any atom is 0.209 e. The zero-order valence-corrected chi connectivity index (χ0v) is 17.7. The Balaban J connectivity index is 1.98. The Hall–Kier alpha value is -2.96. The highest BCUT2D eigenvalue weighted by Gasteiger charge is 2.19. The van der Waals surface area contributed by atoms with E-state index >= 15 is 0 Å². The molecule has 0 radical (unpaired) electrons. The van der Waals surface area contributed by atoms with Crippen LogP contribution in [0, 0.1) is 11.3 Å². The van der Waals surface area contributed by atoms with Crippen LogP contribution in [0.3, 0.4) is 0 Å². The molecule has 9 heteroatoms. The summed E-state index contributed by atoms with van der Waals surface area (Å²) in [5, 5.41) is 9.10. The van der Waals surface area contributed by atoms with Gasteiger partial charge in [0.05, 0.1) is 42.8 Å². The molecule has 1 aromatic carbocycles. The van der Waals surface area contributed by atoms with E-state index in [-0.39, 0.29) is 6.42 Å². The second kappa shape index (κ2) is 8.19. The number of fused-ring (bicyclic) bond motifs is 1. The number of nitriles is 1. The van der Waals surface area contributed by atoms with Crippen LogP contribution in [-0.2, 0) is 23.5 Å². The van der Waals surface area contributed by atoms with Crippen LogP contribution >= 0.6 is 0 Å². The van der Waals surface area contributed by atoms with Crippen LogP contribution < -0.4 is 9.62 Å². The van der Waals surface area contributed by atoms with E-state index < -0.39 is 16.1 Å². The molecule has 0 aliphatic rings. The van der Waals surface area contributed by atoms with Gasteiger partial charge in [-0.15, -0.1) is 0 Å². The van der Waals surface area contributed by atoms with Crippen molar-refractivity contribution in [2.24, 2.45) is 7.05 Å². The van der Waals surface area contributed by atoms with Crippen LogP contribution in [-0.4, -0.2) is 36.3 Å². The maximum absolute atomic E-state index is 11.7. The van der Waals surface area contributed by atoms with Crippen molar-refractivity contribution in [1.82, 2.24) is 19.3 Å². The molecule has 1 atom stereocenters. The molecule has 0 aliphatic heterocycles. The summed E-state index contributed by atoms with van der Waals surface area (Å²) < 4.78 is 27.8. The van der Waals surface area contributed by atoms with Gasteiger partial charge in [-0.3, -0.25) is 0 Å². The second-order valence-electron chi connectivity index (χ2n) is 6.99. The molecule has 0 bridgehead atoms. The minimum absolute atomic E-state index is 0.0596. The molecular formula is C20H24N6O2S. The molecule has 2 heterocycles. The Morgan fingerprint density at radius 2 is 2.07 bits per heavy atom. The molecule has 0 spiro atoms. The Labute approximate surface area is 170 Å². The number of nitrogens with zero attached hydrogens (tertiary/aromatic N) is 5. The average Bonchev–Trinajstić information content (AvgIpc) is 3.06. The minimum atomic E-state index is -3.43. The fraction of sp³-hybridized carbons (Fsp3) is 0.350. The first kappa shape index (κ1) is 20.8. The van der Waals surface area contributed by atoms with Gasteiger partial charge in [-0.05, 0) is 23.6 Å². The smallest absolute Gasteiger partial charge is 0.209 e. The lowest BCUT2D eigenvalue weighted by Crippen LogP contribution is -2.27. The van der Waals surface area contributed by atoms with Crippen LogP contribution in [0.2, 0.25) is 0 Å². The summed E-state index contributed by atoms with van der Waals surface area (Å²) in [4.78, 5) is 10.8. The maximum atomic E-state index is 11.7. The highest BCUT2D eigenvalue weighted by Crippen LogP contribution is 2.31. The number of imidazole rings is 1. The fourth-order valence-corrected chi connectivity index (χ4v) is 4.07. The van der Waals surface area contributed by atoms with Gasteiger partial charge in [0.15, 0.2) is 0 Å². The van der Waals surface area contributed by atoms with E-state index in [4.69, 9.17) is 5.26 Å². The van der Waals surface area contributed by atoms with E-state index in [9.17, 15) is 8.42 Å². The number of aromatic nitrogens is 3. The largest absolute Gasteiger partial charge is 0.334 e. The van der Waals surface area contributed by atoms with Gasteiger partial charge < -0.3 is 9.47 Å². The van der Waals surface area contributed by atoms with Crippen molar-refractivity contribution in [2.75, 3.05) is 18.2 Å². The SMILES string of the molecule is CCc1cc(C(CC#N)NS(C)(=O)=O)ccc1N(C)c1cc2c(cn1)ncn2C. The zero-order chi connectivity index (χ0) is 21.2. The number of aryl methyl sites for hydroxylation is 2. The van der Waals surface area contributed by atoms with Crippen molar-refractivity contribution in [1.29, 1.82) is 5.26 Å². The van der Waals surface area contributed by atoms with E-state index in [1.165, 1.54) is 0 Å². The van der Waals surface area contributed by atoms with Crippen LogP contribution in [0.4, 0.5) is 11.5 Å². The topological polar surface area (TPSA) is 104 Å². The van der Waals surface area contributed by atoms with Crippen LogP contribution in [0.5, 0.6) is 0 Å². The van der Waals surface area contributed by atoms with Gasteiger partial charge in [0.1, 0.15) is 11.3 Å². The molecule has 3 rings (SSSR count). The lowest BCUT2D eigenvalue weighted by Gasteiger charge is -2.23. The zero-order valence-electron chi connectivity index (χ0n) is 16.9. The van der Waals surface area contributed by atoms with Gasteiger partial charge >= 0.3 is 0 Å². The van der Waals surface area contributed by atoms with Crippen molar-refractivity contribution in [3.05, 3.63) is 47.9 Å². The van der Waals surface area contributed by atoms with E-state index in [1.54, 1.807) is 12.5 Å². The van der Waals surface area contributed by atoms with E-state index in [0.29, 0.717) is 0 Å². The summed E-state index contributed by atoms with van der Waals surface area (Å²) in [5.41, 5.74) is 4.60. The molecular weight excluding hydrogens is 388 g/mol. The van der Waals surface area contributed by atoms with E-state index in [0.717, 1.165) is 46.3 Å². The Kier molecular flexibility index (Phi) is 5.86. The molecule has 29 heavy (non-hydrogen) atoms. The predicted molar refractivity (Wildman–Crippen MR) is 113 cm³/mol. The van der Waals surface area contributed by atoms with Crippen molar-refractivity contribution < 1.29 is 8.42 Å². The number of pyridine rings is 1. The highest BCUT2D eigenvalue weighted by atomic mass is 32.2. The Bertz CT molecular complexity index is 1180.